The van der Waals surface area contributed by atoms with Gasteiger partial charge in [0.2, 0.25) is 0 Å². The topological polar surface area (TPSA) is 67.7 Å². The Morgan fingerprint density at radius 2 is 2.24 bits per heavy atom. The molecule has 0 aliphatic carbocycles. The summed E-state index contributed by atoms with van der Waals surface area (Å²) in [7, 11) is 1.88. The normalized spacial score (nSPS) is 10.5. The van der Waals surface area contributed by atoms with Crippen LogP contribution in [0.3, 0.4) is 0 Å². The Balaban J connectivity index is 2.35. The summed E-state index contributed by atoms with van der Waals surface area (Å²) in [6.45, 7) is 1.99. The lowest BCUT2D eigenvalue weighted by Gasteiger charge is -2.07. The molecule has 0 unspecified atom stereocenters. The number of nitrogens with two attached hydrogens (primary N) is 1. The first-order chi connectivity index (χ1) is 8.06. The number of aromatic nitrogens is 2. The van der Waals surface area contributed by atoms with E-state index in [1.54, 1.807) is 22.6 Å². The molecule has 0 spiro atoms. The summed E-state index contributed by atoms with van der Waals surface area (Å²) in [5.41, 5.74) is 7.47. The van der Waals surface area contributed by atoms with Crippen LogP contribution in [0.2, 0.25) is 0 Å². The Labute approximate surface area is 104 Å². The number of rotatable bonds is 3. The molecule has 17 heavy (non-hydrogen) atoms. The van der Waals surface area contributed by atoms with Gasteiger partial charge in [0.05, 0.1) is 11.1 Å². The van der Waals surface area contributed by atoms with Crippen molar-refractivity contribution >= 4 is 17.6 Å². The maximum Gasteiger partial charge on any atom is 0.123 e. The molecule has 0 radical (unpaired) electrons. The van der Waals surface area contributed by atoms with Crippen LogP contribution < -0.4 is 5.73 Å². The Morgan fingerprint density at radius 1 is 1.47 bits per heavy atom. The van der Waals surface area contributed by atoms with Crippen LogP contribution in [0.1, 0.15) is 11.1 Å². The molecule has 0 amide bonds. The molecule has 88 valence electrons. The number of hydrogen-bond acceptors (Lipinski definition) is 3. The number of amidine groups is 1. The third-order valence-electron chi connectivity index (χ3n) is 2.33. The van der Waals surface area contributed by atoms with Gasteiger partial charge in [0.15, 0.2) is 0 Å². The van der Waals surface area contributed by atoms with Crippen molar-refractivity contribution in [1.29, 1.82) is 5.41 Å². The second-order valence-electron chi connectivity index (χ2n) is 3.87. The van der Waals surface area contributed by atoms with Crippen LogP contribution in [0.5, 0.6) is 0 Å². The fourth-order valence-electron chi connectivity index (χ4n) is 1.52. The number of nitrogens with zero attached hydrogens (tertiary/aromatic N) is 2. The van der Waals surface area contributed by atoms with Gasteiger partial charge >= 0.3 is 0 Å². The SMILES string of the molecule is Cc1ccc(Sc2cnn(C)c2)c(C(=N)N)c1. The van der Waals surface area contributed by atoms with Crippen LogP contribution in [-0.4, -0.2) is 15.6 Å². The van der Waals surface area contributed by atoms with Gasteiger partial charge in [-0.05, 0) is 19.1 Å². The Morgan fingerprint density at radius 3 is 2.82 bits per heavy atom. The van der Waals surface area contributed by atoms with Crippen LogP contribution in [0.15, 0.2) is 40.4 Å². The Hall–Kier alpha value is -1.75. The summed E-state index contributed by atoms with van der Waals surface area (Å²) in [5, 5.41) is 11.7. The zero-order valence-electron chi connectivity index (χ0n) is 9.77. The lowest BCUT2D eigenvalue weighted by Crippen LogP contribution is -2.12. The molecule has 1 aromatic carbocycles. The zero-order valence-corrected chi connectivity index (χ0v) is 10.6. The molecule has 4 nitrogen and oxygen atoms in total. The summed E-state index contributed by atoms with van der Waals surface area (Å²) in [4.78, 5) is 2.02. The third kappa shape index (κ3) is 2.68. The quantitative estimate of drug-likeness (QED) is 0.644. The van der Waals surface area contributed by atoms with E-state index in [0.717, 1.165) is 20.9 Å². The Kier molecular flexibility index (Phi) is 3.19. The van der Waals surface area contributed by atoms with Gasteiger partial charge in [0, 0.05) is 23.7 Å². The summed E-state index contributed by atoms with van der Waals surface area (Å²) in [6, 6.07) is 5.94. The first kappa shape index (κ1) is 11.7. The minimum Gasteiger partial charge on any atom is -0.384 e. The lowest BCUT2D eigenvalue weighted by atomic mass is 10.1. The summed E-state index contributed by atoms with van der Waals surface area (Å²) in [5.74, 6) is 0.0973. The molecule has 5 heteroatoms. The van der Waals surface area contributed by atoms with E-state index >= 15 is 0 Å². The number of nitrogen functional groups attached to an aromatic ring is 1. The van der Waals surface area contributed by atoms with Crippen LogP contribution in [0, 0.1) is 12.3 Å². The highest BCUT2D eigenvalue weighted by Gasteiger charge is 2.08. The Bertz CT molecular complexity index is 559. The molecule has 0 saturated carbocycles. The van der Waals surface area contributed by atoms with Gasteiger partial charge in [0.25, 0.3) is 0 Å². The van der Waals surface area contributed by atoms with E-state index < -0.39 is 0 Å². The highest BCUT2D eigenvalue weighted by molar-refractivity contribution is 7.99. The lowest BCUT2D eigenvalue weighted by molar-refractivity contribution is 0.766. The predicted molar refractivity (Wildman–Crippen MR) is 69.5 cm³/mol. The third-order valence-corrected chi connectivity index (χ3v) is 3.36. The number of nitrogens with one attached hydrogen (secondary N) is 1. The number of hydrogen-bond donors (Lipinski definition) is 2. The second-order valence-corrected chi connectivity index (χ2v) is 4.98. The molecular formula is C12H14N4S. The van der Waals surface area contributed by atoms with Gasteiger partial charge in [-0.15, -0.1) is 0 Å². The van der Waals surface area contributed by atoms with Crippen molar-refractivity contribution in [3.05, 3.63) is 41.7 Å². The van der Waals surface area contributed by atoms with E-state index in [0.29, 0.717) is 0 Å². The van der Waals surface area contributed by atoms with Gasteiger partial charge in [-0.25, -0.2) is 0 Å². The van der Waals surface area contributed by atoms with Crippen LogP contribution >= 0.6 is 11.8 Å². The first-order valence-electron chi connectivity index (χ1n) is 5.18. The summed E-state index contributed by atoms with van der Waals surface area (Å²) < 4.78 is 1.75. The van der Waals surface area contributed by atoms with Crippen molar-refractivity contribution in [3.63, 3.8) is 0 Å². The van der Waals surface area contributed by atoms with E-state index in [1.807, 2.05) is 38.4 Å². The van der Waals surface area contributed by atoms with Gasteiger partial charge in [-0.1, -0.05) is 23.4 Å². The highest BCUT2D eigenvalue weighted by Crippen LogP contribution is 2.30. The van der Waals surface area contributed by atoms with Crippen molar-refractivity contribution in [2.24, 2.45) is 12.8 Å². The second kappa shape index (κ2) is 4.63. The maximum absolute atomic E-state index is 7.59. The van der Waals surface area contributed by atoms with Crippen LogP contribution in [-0.2, 0) is 7.05 Å². The average molecular weight is 246 g/mol. The average Bonchev–Trinajstić information content (AvgIpc) is 2.66. The molecule has 0 aliphatic rings. The molecule has 0 bridgehead atoms. The van der Waals surface area contributed by atoms with E-state index in [4.69, 9.17) is 11.1 Å². The molecule has 0 aliphatic heterocycles. The summed E-state index contributed by atoms with van der Waals surface area (Å²) in [6.07, 6.45) is 3.74. The molecule has 0 atom stereocenters. The molecule has 0 saturated heterocycles. The van der Waals surface area contributed by atoms with Gasteiger partial charge in [0.1, 0.15) is 5.84 Å². The van der Waals surface area contributed by atoms with Crippen LogP contribution in [0.25, 0.3) is 0 Å². The molecule has 2 aromatic rings. The van der Waals surface area contributed by atoms with E-state index in [-0.39, 0.29) is 5.84 Å². The zero-order chi connectivity index (χ0) is 12.4. The van der Waals surface area contributed by atoms with E-state index in [2.05, 4.69) is 5.10 Å². The van der Waals surface area contributed by atoms with Crippen LogP contribution in [0.4, 0.5) is 0 Å². The van der Waals surface area contributed by atoms with Crippen molar-refractivity contribution in [2.45, 2.75) is 16.7 Å². The molecule has 3 N–H and O–H groups in total. The molecule has 1 heterocycles. The molecule has 1 aromatic heterocycles. The minimum absolute atomic E-state index is 0.0973. The summed E-state index contributed by atoms with van der Waals surface area (Å²) >= 11 is 1.57. The monoisotopic (exact) mass is 246 g/mol. The molecular weight excluding hydrogens is 232 g/mol. The molecule has 2 rings (SSSR count). The van der Waals surface area contributed by atoms with Gasteiger partial charge in [-0.2, -0.15) is 5.10 Å². The maximum atomic E-state index is 7.59. The van der Waals surface area contributed by atoms with Gasteiger partial charge in [-0.3, -0.25) is 10.1 Å². The van der Waals surface area contributed by atoms with E-state index in [1.165, 1.54) is 0 Å². The minimum atomic E-state index is 0.0973. The van der Waals surface area contributed by atoms with Crippen molar-refractivity contribution in [1.82, 2.24) is 9.78 Å². The number of benzene rings is 1. The standard InChI is InChI=1S/C12H14N4S/c1-8-3-4-11(10(5-8)12(13)14)17-9-6-15-16(2)7-9/h3-7H,1-2H3,(H3,13,14). The fraction of sp³-hybridized carbons (Fsp3) is 0.167. The van der Waals surface area contributed by atoms with Crippen molar-refractivity contribution in [2.75, 3.05) is 0 Å². The van der Waals surface area contributed by atoms with Crippen molar-refractivity contribution in [3.8, 4) is 0 Å². The van der Waals surface area contributed by atoms with Crippen molar-refractivity contribution < 1.29 is 0 Å². The first-order valence-corrected chi connectivity index (χ1v) is 5.99. The van der Waals surface area contributed by atoms with E-state index in [9.17, 15) is 0 Å². The molecule has 0 fully saturated rings. The smallest absolute Gasteiger partial charge is 0.123 e. The highest BCUT2D eigenvalue weighted by atomic mass is 32.2. The predicted octanol–water partition coefficient (Wildman–Crippen LogP) is 2.16. The van der Waals surface area contributed by atoms with Gasteiger partial charge < -0.3 is 5.73 Å². The largest absolute Gasteiger partial charge is 0.384 e. The number of aryl methyl sites for hydroxylation is 2. The fourth-order valence-corrected chi connectivity index (χ4v) is 2.50.